The van der Waals surface area contributed by atoms with Crippen LogP contribution in [0, 0.1) is 0 Å². The van der Waals surface area contributed by atoms with Crippen LogP contribution in [0.4, 0.5) is 34.1 Å². The van der Waals surface area contributed by atoms with E-state index in [0.717, 1.165) is 34.1 Å². The van der Waals surface area contributed by atoms with Crippen LogP contribution in [0.5, 0.6) is 0 Å². The molecule has 14 rings (SSSR count). The molecule has 0 bridgehead atoms. The molecular weight excluding hydrogens is 821 g/mol. The fourth-order valence-corrected chi connectivity index (χ4v) is 12.5. The number of benzene rings is 10. The van der Waals surface area contributed by atoms with Crippen molar-refractivity contribution in [2.75, 3.05) is 9.80 Å². The fraction of sp³-hybridized carbons (Fsp3) is 0.0606. The standard InChI is InChI=1S/C66H46N2/c1-65(2)59-28-14-8-22-50(59)52-38-35-47(41-61(52)65)67(46-34-37-49-54-24-10-16-30-63(54)68(45-20-4-3-5-21-45)64-31-17-11-25-55(64)56(49)40-46)48-36-39-53-51-23-9-15-29-60(51)66(62(53)42-48)57-26-12-6-18-43(57)32-33-44-19-7-13-27-58(44)66/h3-42H,1-2H3. The van der Waals surface area contributed by atoms with E-state index in [1.54, 1.807) is 0 Å². The first-order valence-corrected chi connectivity index (χ1v) is 23.8. The summed E-state index contributed by atoms with van der Waals surface area (Å²) < 4.78 is 0. The van der Waals surface area contributed by atoms with Gasteiger partial charge in [0.2, 0.25) is 0 Å². The molecule has 320 valence electrons. The third-order valence-electron chi connectivity index (χ3n) is 15.4. The van der Waals surface area contributed by atoms with E-state index in [1.807, 2.05) is 0 Å². The second-order valence-electron chi connectivity index (χ2n) is 19.2. The van der Waals surface area contributed by atoms with Crippen molar-refractivity contribution < 1.29 is 0 Å². The SMILES string of the molecule is CC1(C)c2ccccc2-c2ccc(N(c3ccc4c(c3)-c3ccccc3N(c3ccccc3)c3ccccc3-4)c3ccc4c(c3)C3(c5ccccc5C=Cc5ccccc53)c3ccccc3-4)cc21. The Balaban J connectivity index is 1.04. The Bertz CT molecular complexity index is 3690. The molecule has 0 saturated carbocycles. The Morgan fingerprint density at radius 1 is 0.309 bits per heavy atom. The summed E-state index contributed by atoms with van der Waals surface area (Å²) in [4.78, 5) is 4.95. The maximum absolute atomic E-state index is 2.53. The van der Waals surface area contributed by atoms with E-state index in [-0.39, 0.29) is 5.41 Å². The van der Waals surface area contributed by atoms with Crippen molar-refractivity contribution in [1.82, 2.24) is 0 Å². The molecule has 2 nitrogen and oxygen atoms in total. The van der Waals surface area contributed by atoms with Gasteiger partial charge in [-0.3, -0.25) is 0 Å². The fourth-order valence-electron chi connectivity index (χ4n) is 12.5. The highest BCUT2D eigenvalue weighted by molar-refractivity contribution is 6.04. The van der Waals surface area contributed by atoms with Crippen LogP contribution >= 0.6 is 0 Å². The molecule has 0 atom stereocenters. The first-order valence-electron chi connectivity index (χ1n) is 23.8. The molecule has 0 aromatic heterocycles. The van der Waals surface area contributed by atoms with Gasteiger partial charge in [-0.25, -0.2) is 0 Å². The first kappa shape index (κ1) is 38.8. The predicted molar refractivity (Wildman–Crippen MR) is 284 cm³/mol. The number of fused-ring (bicyclic) bond motifs is 17. The number of anilines is 6. The molecular formula is C66H46N2. The van der Waals surface area contributed by atoms with Gasteiger partial charge in [-0.2, -0.15) is 0 Å². The number of rotatable bonds is 4. The monoisotopic (exact) mass is 866 g/mol. The molecule has 10 aromatic rings. The average molecular weight is 867 g/mol. The van der Waals surface area contributed by atoms with Gasteiger partial charge in [0.1, 0.15) is 0 Å². The van der Waals surface area contributed by atoms with Crippen molar-refractivity contribution in [3.8, 4) is 44.5 Å². The lowest BCUT2D eigenvalue weighted by molar-refractivity contribution is 0.660. The molecule has 0 radical (unpaired) electrons. The van der Waals surface area contributed by atoms with Crippen molar-refractivity contribution in [3.05, 3.63) is 275 Å². The van der Waals surface area contributed by atoms with Gasteiger partial charge in [0.15, 0.2) is 0 Å². The van der Waals surface area contributed by atoms with E-state index >= 15 is 0 Å². The zero-order valence-corrected chi connectivity index (χ0v) is 38.0. The summed E-state index contributed by atoms with van der Waals surface area (Å²) in [5, 5.41) is 0. The van der Waals surface area contributed by atoms with Crippen molar-refractivity contribution >= 4 is 46.3 Å². The summed E-state index contributed by atoms with van der Waals surface area (Å²) in [6.07, 6.45) is 4.63. The van der Waals surface area contributed by atoms with Gasteiger partial charge >= 0.3 is 0 Å². The zero-order valence-electron chi connectivity index (χ0n) is 38.0. The largest absolute Gasteiger partial charge is 0.310 e. The third-order valence-corrected chi connectivity index (χ3v) is 15.4. The molecule has 1 aliphatic heterocycles. The molecule has 0 N–H and O–H groups in total. The Labute approximate surface area is 398 Å². The van der Waals surface area contributed by atoms with Gasteiger partial charge < -0.3 is 9.80 Å². The summed E-state index contributed by atoms with van der Waals surface area (Å²) in [6.45, 7) is 4.76. The Hall–Kier alpha value is -8.46. The molecule has 3 aliphatic carbocycles. The van der Waals surface area contributed by atoms with Crippen LogP contribution in [0.25, 0.3) is 56.7 Å². The molecule has 0 fully saturated rings. The van der Waals surface area contributed by atoms with Crippen LogP contribution in [0.2, 0.25) is 0 Å². The molecule has 10 aromatic carbocycles. The molecule has 0 saturated heterocycles. The summed E-state index contributed by atoms with van der Waals surface area (Å²) in [6, 6.07) is 86.3. The van der Waals surface area contributed by atoms with Crippen LogP contribution < -0.4 is 9.80 Å². The van der Waals surface area contributed by atoms with Crippen LogP contribution in [-0.2, 0) is 10.8 Å². The minimum absolute atomic E-state index is 0.171. The Kier molecular flexibility index (Phi) is 8.28. The Morgan fingerprint density at radius 2 is 0.735 bits per heavy atom. The van der Waals surface area contributed by atoms with E-state index in [9.17, 15) is 0 Å². The van der Waals surface area contributed by atoms with E-state index in [1.165, 1.54) is 89.0 Å². The van der Waals surface area contributed by atoms with Gasteiger partial charge in [0.25, 0.3) is 0 Å². The topological polar surface area (TPSA) is 6.48 Å². The Morgan fingerprint density at radius 3 is 1.37 bits per heavy atom. The predicted octanol–water partition coefficient (Wildman–Crippen LogP) is 17.4. The number of para-hydroxylation sites is 3. The van der Waals surface area contributed by atoms with Crippen molar-refractivity contribution in [2.45, 2.75) is 24.7 Å². The summed E-state index contributed by atoms with van der Waals surface area (Å²) in [7, 11) is 0. The lowest BCUT2D eigenvalue weighted by Gasteiger charge is -2.36. The summed E-state index contributed by atoms with van der Waals surface area (Å²) in [5.41, 5.74) is 26.5. The second-order valence-corrected chi connectivity index (χ2v) is 19.2. The number of nitrogens with zero attached hydrogens (tertiary/aromatic N) is 2. The van der Waals surface area contributed by atoms with Crippen molar-refractivity contribution in [3.63, 3.8) is 0 Å². The summed E-state index contributed by atoms with van der Waals surface area (Å²) in [5.74, 6) is 0. The van der Waals surface area contributed by atoms with Crippen molar-refractivity contribution in [1.29, 1.82) is 0 Å². The normalized spacial score (nSPS) is 14.5. The van der Waals surface area contributed by atoms with Crippen LogP contribution in [0.15, 0.2) is 231 Å². The van der Waals surface area contributed by atoms with Gasteiger partial charge in [0, 0.05) is 39.3 Å². The van der Waals surface area contributed by atoms with Crippen LogP contribution in [0.3, 0.4) is 0 Å². The van der Waals surface area contributed by atoms with E-state index in [0.29, 0.717) is 0 Å². The van der Waals surface area contributed by atoms with Gasteiger partial charge in [0.05, 0.1) is 16.8 Å². The highest BCUT2D eigenvalue weighted by atomic mass is 15.2. The molecule has 1 spiro atoms. The summed E-state index contributed by atoms with van der Waals surface area (Å²) >= 11 is 0. The van der Waals surface area contributed by atoms with Crippen LogP contribution in [0.1, 0.15) is 58.4 Å². The zero-order chi connectivity index (χ0) is 45.1. The van der Waals surface area contributed by atoms with E-state index in [4.69, 9.17) is 0 Å². The highest BCUT2D eigenvalue weighted by Gasteiger charge is 2.49. The number of hydrogen-bond acceptors (Lipinski definition) is 2. The molecule has 0 amide bonds. The average Bonchev–Trinajstić information content (AvgIpc) is 3.68. The minimum atomic E-state index is -0.552. The maximum Gasteiger partial charge on any atom is 0.0725 e. The van der Waals surface area contributed by atoms with Gasteiger partial charge in [-0.1, -0.05) is 196 Å². The quantitative estimate of drug-likeness (QED) is 0.174. The van der Waals surface area contributed by atoms with E-state index in [2.05, 4.69) is 266 Å². The number of hydrogen-bond donors (Lipinski definition) is 0. The first-order chi connectivity index (χ1) is 33.5. The molecule has 0 unspecified atom stereocenters. The minimum Gasteiger partial charge on any atom is -0.310 e. The third kappa shape index (κ3) is 5.34. The molecule has 2 heteroatoms. The second kappa shape index (κ2) is 14.5. The molecule has 4 aliphatic rings. The highest BCUT2D eigenvalue weighted by Crippen LogP contribution is 2.60. The lowest BCUT2D eigenvalue weighted by atomic mass is 9.66. The molecule has 1 heterocycles. The molecule has 68 heavy (non-hydrogen) atoms. The van der Waals surface area contributed by atoms with Crippen molar-refractivity contribution in [2.24, 2.45) is 0 Å². The van der Waals surface area contributed by atoms with Crippen LogP contribution in [-0.4, -0.2) is 0 Å². The lowest BCUT2D eigenvalue weighted by Crippen LogP contribution is -2.30. The van der Waals surface area contributed by atoms with Gasteiger partial charge in [-0.15, -0.1) is 0 Å². The van der Waals surface area contributed by atoms with Gasteiger partial charge in [-0.05, 0) is 139 Å². The smallest absolute Gasteiger partial charge is 0.0725 e. The van der Waals surface area contributed by atoms with E-state index < -0.39 is 5.41 Å². The maximum atomic E-state index is 2.53.